The van der Waals surface area contributed by atoms with Crippen molar-refractivity contribution < 1.29 is 14.3 Å². The molecule has 0 heterocycles. The molecule has 0 fully saturated rings. The lowest BCUT2D eigenvalue weighted by Gasteiger charge is -2.12. The van der Waals surface area contributed by atoms with Gasteiger partial charge in [-0.15, -0.1) is 0 Å². The van der Waals surface area contributed by atoms with Crippen molar-refractivity contribution in [2.75, 3.05) is 21.3 Å². The Morgan fingerprint density at radius 3 is 2.50 bits per heavy atom. The smallest absolute Gasteiger partial charge is 0.165 e. The Bertz CT molecular complexity index is 289. The van der Waals surface area contributed by atoms with E-state index in [1.54, 1.807) is 21.3 Å². The van der Waals surface area contributed by atoms with Crippen molar-refractivity contribution in [1.29, 1.82) is 0 Å². The second-order valence-electron chi connectivity index (χ2n) is 2.68. The molecule has 0 spiro atoms. The van der Waals surface area contributed by atoms with E-state index in [0.29, 0.717) is 6.54 Å². The molecule has 0 amide bonds. The summed E-state index contributed by atoms with van der Waals surface area (Å²) in [6.45, 7) is 0.580. The fourth-order valence-corrected chi connectivity index (χ4v) is 1.24. The van der Waals surface area contributed by atoms with E-state index in [2.05, 4.69) is 5.48 Å². The van der Waals surface area contributed by atoms with E-state index >= 15 is 0 Å². The molecule has 0 aliphatic rings. The molecular weight excluding hydrogens is 182 g/mol. The van der Waals surface area contributed by atoms with Gasteiger partial charge in [-0.1, -0.05) is 12.1 Å². The maximum Gasteiger partial charge on any atom is 0.165 e. The number of hydrogen-bond acceptors (Lipinski definition) is 4. The van der Waals surface area contributed by atoms with Crippen molar-refractivity contribution in [3.05, 3.63) is 23.8 Å². The van der Waals surface area contributed by atoms with Crippen LogP contribution in [0.5, 0.6) is 11.5 Å². The Balaban J connectivity index is 2.90. The van der Waals surface area contributed by atoms with Crippen molar-refractivity contribution in [2.45, 2.75) is 6.54 Å². The van der Waals surface area contributed by atoms with Gasteiger partial charge in [0, 0.05) is 12.1 Å². The number of methoxy groups -OCH3 is 2. The lowest BCUT2D eigenvalue weighted by molar-refractivity contribution is 0.0860. The standard InChI is InChI=1S/C10H15NO3/c1-12-9-6-4-5-8(7-11-14-3)10(9)13-2/h4-6,11H,7H2,1-3H3. The summed E-state index contributed by atoms with van der Waals surface area (Å²) < 4.78 is 10.4. The zero-order valence-electron chi connectivity index (χ0n) is 8.66. The molecule has 0 aliphatic heterocycles. The van der Waals surface area contributed by atoms with Crippen LogP contribution in [0.2, 0.25) is 0 Å². The van der Waals surface area contributed by atoms with Crippen LogP contribution in [0.3, 0.4) is 0 Å². The normalized spacial score (nSPS) is 9.93. The monoisotopic (exact) mass is 197 g/mol. The molecule has 0 aliphatic carbocycles. The summed E-state index contributed by atoms with van der Waals surface area (Å²) in [6, 6.07) is 5.72. The minimum Gasteiger partial charge on any atom is -0.493 e. The molecular formula is C10H15NO3. The Labute approximate surface area is 83.7 Å². The SMILES string of the molecule is CONCc1cccc(OC)c1OC. The molecule has 0 aromatic heterocycles. The molecule has 14 heavy (non-hydrogen) atoms. The number of ether oxygens (including phenoxy) is 2. The van der Waals surface area contributed by atoms with Gasteiger partial charge in [0.05, 0.1) is 21.3 Å². The minimum atomic E-state index is 0.580. The summed E-state index contributed by atoms with van der Waals surface area (Å²) in [6.07, 6.45) is 0. The largest absolute Gasteiger partial charge is 0.493 e. The molecule has 0 atom stereocenters. The molecule has 0 saturated carbocycles. The van der Waals surface area contributed by atoms with Crippen molar-refractivity contribution in [1.82, 2.24) is 5.48 Å². The maximum absolute atomic E-state index is 5.24. The van der Waals surface area contributed by atoms with Gasteiger partial charge in [-0.25, -0.2) is 0 Å². The average molecular weight is 197 g/mol. The van der Waals surface area contributed by atoms with Gasteiger partial charge >= 0.3 is 0 Å². The molecule has 4 nitrogen and oxygen atoms in total. The van der Waals surface area contributed by atoms with E-state index in [9.17, 15) is 0 Å². The molecule has 0 radical (unpaired) electrons. The van der Waals surface area contributed by atoms with E-state index in [0.717, 1.165) is 17.1 Å². The molecule has 1 aromatic carbocycles. The lowest BCUT2D eigenvalue weighted by Crippen LogP contribution is -2.11. The van der Waals surface area contributed by atoms with Gasteiger partial charge in [0.2, 0.25) is 0 Å². The predicted molar refractivity (Wildman–Crippen MR) is 53.4 cm³/mol. The number of hydroxylamine groups is 1. The molecule has 1 N–H and O–H groups in total. The van der Waals surface area contributed by atoms with Gasteiger partial charge in [-0.05, 0) is 6.07 Å². The number of rotatable bonds is 5. The van der Waals surface area contributed by atoms with Crippen molar-refractivity contribution in [2.24, 2.45) is 0 Å². The lowest BCUT2D eigenvalue weighted by atomic mass is 10.2. The van der Waals surface area contributed by atoms with Crippen molar-refractivity contribution >= 4 is 0 Å². The van der Waals surface area contributed by atoms with Crippen LogP contribution in [0.25, 0.3) is 0 Å². The zero-order chi connectivity index (χ0) is 10.4. The fraction of sp³-hybridized carbons (Fsp3) is 0.400. The Kier molecular flexibility index (Phi) is 4.22. The van der Waals surface area contributed by atoms with Crippen LogP contribution in [0.15, 0.2) is 18.2 Å². The maximum atomic E-state index is 5.24. The third-order valence-electron chi connectivity index (χ3n) is 1.89. The molecule has 0 saturated heterocycles. The van der Waals surface area contributed by atoms with E-state index in [1.807, 2.05) is 18.2 Å². The first-order valence-corrected chi connectivity index (χ1v) is 4.29. The third-order valence-corrected chi connectivity index (χ3v) is 1.89. The Hall–Kier alpha value is -1.26. The van der Waals surface area contributed by atoms with Crippen LogP contribution in [-0.4, -0.2) is 21.3 Å². The fourth-order valence-electron chi connectivity index (χ4n) is 1.24. The highest BCUT2D eigenvalue weighted by Crippen LogP contribution is 2.30. The van der Waals surface area contributed by atoms with Crippen LogP contribution in [0.4, 0.5) is 0 Å². The highest BCUT2D eigenvalue weighted by Gasteiger charge is 2.08. The second kappa shape index (κ2) is 5.47. The summed E-state index contributed by atoms with van der Waals surface area (Å²) in [5.41, 5.74) is 3.75. The van der Waals surface area contributed by atoms with E-state index in [4.69, 9.17) is 14.3 Å². The first kappa shape index (κ1) is 10.8. The number of benzene rings is 1. The Morgan fingerprint density at radius 1 is 1.14 bits per heavy atom. The van der Waals surface area contributed by atoms with Crippen LogP contribution >= 0.6 is 0 Å². The van der Waals surface area contributed by atoms with E-state index in [-0.39, 0.29) is 0 Å². The van der Waals surface area contributed by atoms with Gasteiger partial charge in [0.1, 0.15) is 0 Å². The van der Waals surface area contributed by atoms with Crippen molar-refractivity contribution in [3.8, 4) is 11.5 Å². The molecule has 78 valence electrons. The summed E-state index contributed by atoms with van der Waals surface area (Å²) in [5, 5.41) is 0. The minimum absolute atomic E-state index is 0.580. The van der Waals surface area contributed by atoms with Gasteiger partial charge in [0.15, 0.2) is 11.5 Å². The van der Waals surface area contributed by atoms with E-state index in [1.165, 1.54) is 0 Å². The van der Waals surface area contributed by atoms with Gasteiger partial charge < -0.3 is 14.3 Å². The second-order valence-corrected chi connectivity index (χ2v) is 2.68. The number of nitrogens with one attached hydrogen (secondary N) is 1. The summed E-state index contributed by atoms with van der Waals surface area (Å²) >= 11 is 0. The summed E-state index contributed by atoms with van der Waals surface area (Å²) in [4.78, 5) is 4.77. The average Bonchev–Trinajstić information content (AvgIpc) is 2.25. The number of hydrogen-bond donors (Lipinski definition) is 1. The van der Waals surface area contributed by atoms with Gasteiger partial charge in [-0.2, -0.15) is 5.48 Å². The molecule has 0 bridgehead atoms. The molecule has 4 heteroatoms. The van der Waals surface area contributed by atoms with Gasteiger partial charge in [-0.3, -0.25) is 0 Å². The predicted octanol–water partition coefficient (Wildman–Crippen LogP) is 1.35. The zero-order valence-corrected chi connectivity index (χ0v) is 8.66. The summed E-state index contributed by atoms with van der Waals surface area (Å²) in [7, 11) is 4.81. The Morgan fingerprint density at radius 2 is 1.93 bits per heavy atom. The molecule has 1 rings (SSSR count). The first-order chi connectivity index (χ1) is 6.83. The topological polar surface area (TPSA) is 39.7 Å². The first-order valence-electron chi connectivity index (χ1n) is 4.29. The quantitative estimate of drug-likeness (QED) is 0.723. The van der Waals surface area contributed by atoms with E-state index < -0.39 is 0 Å². The highest BCUT2D eigenvalue weighted by molar-refractivity contribution is 5.46. The highest BCUT2D eigenvalue weighted by atomic mass is 16.6. The molecule has 1 aromatic rings. The number of para-hydroxylation sites is 1. The summed E-state index contributed by atoms with van der Waals surface area (Å²) in [5.74, 6) is 1.46. The van der Waals surface area contributed by atoms with Gasteiger partial charge in [0.25, 0.3) is 0 Å². The van der Waals surface area contributed by atoms with Crippen LogP contribution < -0.4 is 15.0 Å². The van der Waals surface area contributed by atoms with Crippen LogP contribution in [-0.2, 0) is 11.4 Å². The van der Waals surface area contributed by atoms with Crippen LogP contribution in [0.1, 0.15) is 5.56 Å². The third kappa shape index (κ3) is 2.37. The molecule has 0 unspecified atom stereocenters. The van der Waals surface area contributed by atoms with Crippen LogP contribution in [0, 0.1) is 0 Å². The van der Waals surface area contributed by atoms with Crippen molar-refractivity contribution in [3.63, 3.8) is 0 Å².